The third-order valence-electron chi connectivity index (χ3n) is 4.33. The highest BCUT2D eigenvalue weighted by Gasteiger charge is 2.16. The fraction of sp³-hybridized carbons (Fsp3) is 0.316. The van der Waals surface area contributed by atoms with Crippen molar-refractivity contribution in [3.05, 3.63) is 69.9 Å². The number of nitrogens with zero attached hydrogens (tertiary/aromatic N) is 1. The monoisotopic (exact) mass is 326 g/mol. The molecule has 1 atom stereocenters. The van der Waals surface area contributed by atoms with Gasteiger partial charge < -0.3 is 19.7 Å². The predicted molar refractivity (Wildman–Crippen MR) is 94.9 cm³/mol. The van der Waals surface area contributed by atoms with E-state index >= 15 is 0 Å². The van der Waals surface area contributed by atoms with E-state index in [1.165, 1.54) is 6.26 Å². The molecule has 1 aromatic heterocycles. The first kappa shape index (κ1) is 16.3. The molecule has 2 aromatic rings. The molecule has 5 nitrogen and oxygen atoms in total. The number of aryl methyl sites for hydroxylation is 1. The van der Waals surface area contributed by atoms with Crippen LogP contribution in [-0.2, 0) is 6.54 Å². The lowest BCUT2D eigenvalue weighted by molar-refractivity contribution is 0.240. The van der Waals surface area contributed by atoms with Crippen LogP contribution in [0.1, 0.15) is 18.1 Å². The van der Waals surface area contributed by atoms with E-state index in [2.05, 4.69) is 5.32 Å². The van der Waals surface area contributed by atoms with Crippen LogP contribution in [0.4, 0.5) is 0 Å². The van der Waals surface area contributed by atoms with Gasteiger partial charge in [0.2, 0.25) is 0 Å². The summed E-state index contributed by atoms with van der Waals surface area (Å²) in [6.45, 7) is 5.83. The van der Waals surface area contributed by atoms with Crippen LogP contribution in [0.2, 0.25) is 0 Å². The van der Waals surface area contributed by atoms with Crippen molar-refractivity contribution in [1.29, 1.82) is 0 Å². The average Bonchev–Trinajstić information content (AvgIpc) is 2.57. The molecule has 0 saturated heterocycles. The van der Waals surface area contributed by atoms with Gasteiger partial charge in [0.15, 0.2) is 5.43 Å². The first-order valence-corrected chi connectivity index (χ1v) is 8.11. The molecule has 1 aromatic carbocycles. The largest absolute Gasteiger partial charge is 0.510 e. The number of benzene rings is 1. The van der Waals surface area contributed by atoms with Gasteiger partial charge in [0.25, 0.3) is 0 Å². The van der Waals surface area contributed by atoms with Gasteiger partial charge in [0, 0.05) is 25.2 Å². The van der Waals surface area contributed by atoms with Crippen LogP contribution in [-0.4, -0.2) is 29.1 Å². The number of hydrogen-bond acceptors (Lipinski definition) is 5. The van der Waals surface area contributed by atoms with E-state index in [4.69, 9.17) is 4.42 Å². The zero-order valence-electron chi connectivity index (χ0n) is 14.0. The van der Waals surface area contributed by atoms with Crippen molar-refractivity contribution in [2.45, 2.75) is 26.4 Å². The molecule has 0 fully saturated rings. The van der Waals surface area contributed by atoms with E-state index in [0.29, 0.717) is 35.4 Å². The van der Waals surface area contributed by atoms with Gasteiger partial charge in [-0.05, 0) is 49.9 Å². The van der Waals surface area contributed by atoms with Crippen molar-refractivity contribution >= 4 is 11.0 Å². The Hall–Kier alpha value is -2.53. The van der Waals surface area contributed by atoms with E-state index in [1.54, 1.807) is 6.08 Å². The first-order valence-electron chi connectivity index (χ1n) is 8.11. The van der Waals surface area contributed by atoms with Gasteiger partial charge in [-0.1, -0.05) is 6.07 Å². The lowest BCUT2D eigenvalue weighted by Crippen LogP contribution is -2.37. The van der Waals surface area contributed by atoms with E-state index < -0.39 is 0 Å². The van der Waals surface area contributed by atoms with Crippen LogP contribution in [0.5, 0.6) is 0 Å². The van der Waals surface area contributed by atoms with Crippen molar-refractivity contribution in [2.75, 3.05) is 13.1 Å². The molecule has 2 heterocycles. The summed E-state index contributed by atoms with van der Waals surface area (Å²) >= 11 is 0. The Morgan fingerprint density at radius 1 is 1.38 bits per heavy atom. The van der Waals surface area contributed by atoms with Crippen LogP contribution in [0.15, 0.2) is 57.8 Å². The minimum atomic E-state index is -0.0224. The minimum Gasteiger partial charge on any atom is -0.510 e. The Labute approximate surface area is 140 Å². The third kappa shape index (κ3) is 3.36. The van der Waals surface area contributed by atoms with Crippen LogP contribution < -0.4 is 10.7 Å². The summed E-state index contributed by atoms with van der Waals surface area (Å²) in [5.41, 5.74) is 2.32. The number of rotatable bonds is 5. The second-order valence-electron chi connectivity index (χ2n) is 6.11. The SMILES string of the molecule is Cc1ccc2c(=O)c(CNCCN3C=CC=C(O)C3C)coc2c1. The first-order chi connectivity index (χ1) is 11.6. The van der Waals surface area contributed by atoms with E-state index in [1.807, 2.05) is 49.2 Å². The third-order valence-corrected chi connectivity index (χ3v) is 4.33. The molecule has 1 aliphatic heterocycles. The highest BCUT2D eigenvalue weighted by atomic mass is 16.3. The predicted octanol–water partition coefficient (Wildman–Crippen LogP) is 2.85. The maximum atomic E-state index is 12.5. The normalized spacial score (nSPS) is 17.3. The zero-order valence-corrected chi connectivity index (χ0v) is 14.0. The zero-order chi connectivity index (χ0) is 17.1. The van der Waals surface area contributed by atoms with Crippen LogP contribution in [0.3, 0.4) is 0 Å². The van der Waals surface area contributed by atoms with Gasteiger partial charge in [-0.2, -0.15) is 0 Å². The molecule has 3 rings (SSSR count). The molecule has 126 valence electrons. The molecule has 1 aliphatic rings. The molecule has 5 heteroatoms. The summed E-state index contributed by atoms with van der Waals surface area (Å²) in [5.74, 6) is 0.364. The van der Waals surface area contributed by atoms with Gasteiger partial charge in [-0.15, -0.1) is 0 Å². The molecule has 0 aliphatic carbocycles. The fourth-order valence-electron chi connectivity index (χ4n) is 2.79. The summed E-state index contributed by atoms with van der Waals surface area (Å²) in [7, 11) is 0. The fourth-order valence-corrected chi connectivity index (χ4v) is 2.79. The van der Waals surface area contributed by atoms with Crippen LogP contribution >= 0.6 is 0 Å². The van der Waals surface area contributed by atoms with Crippen molar-refractivity contribution in [2.24, 2.45) is 0 Å². The van der Waals surface area contributed by atoms with Gasteiger partial charge in [0.05, 0.1) is 17.7 Å². The molecular formula is C19H22N2O3. The summed E-state index contributed by atoms with van der Waals surface area (Å²) in [6.07, 6.45) is 7.03. The molecule has 1 unspecified atom stereocenters. The minimum absolute atomic E-state index is 0.00978. The quantitative estimate of drug-likeness (QED) is 0.827. The standard InChI is InChI=1S/C19H22N2O3/c1-13-5-6-16-18(10-13)24-12-15(19(16)23)11-20-7-9-21-8-3-4-17(22)14(21)2/h3-6,8,10,12,14,20,22H,7,9,11H2,1-2H3. The van der Waals surface area contributed by atoms with Gasteiger partial charge in [-0.3, -0.25) is 4.79 Å². The summed E-state index contributed by atoms with van der Waals surface area (Å²) < 4.78 is 5.58. The van der Waals surface area contributed by atoms with E-state index in [9.17, 15) is 9.90 Å². The summed E-state index contributed by atoms with van der Waals surface area (Å²) in [6, 6.07) is 5.58. The lowest BCUT2D eigenvalue weighted by Gasteiger charge is -2.29. The van der Waals surface area contributed by atoms with Gasteiger partial charge in [-0.25, -0.2) is 0 Å². The topological polar surface area (TPSA) is 65.7 Å². The molecule has 24 heavy (non-hydrogen) atoms. The Morgan fingerprint density at radius 3 is 3.04 bits per heavy atom. The summed E-state index contributed by atoms with van der Waals surface area (Å²) in [5, 5.41) is 13.6. The second kappa shape index (κ2) is 6.93. The molecule has 0 amide bonds. The number of fused-ring (bicyclic) bond motifs is 1. The molecule has 0 spiro atoms. The van der Waals surface area contributed by atoms with E-state index in [0.717, 1.165) is 12.1 Å². The average molecular weight is 326 g/mol. The molecule has 2 N–H and O–H groups in total. The molecule has 0 radical (unpaired) electrons. The Balaban J connectivity index is 1.59. The number of aliphatic hydroxyl groups excluding tert-OH is 1. The number of nitrogens with one attached hydrogen (secondary N) is 1. The highest BCUT2D eigenvalue weighted by molar-refractivity contribution is 5.77. The molecule has 0 saturated carbocycles. The van der Waals surface area contributed by atoms with Crippen molar-refractivity contribution in [3.8, 4) is 0 Å². The lowest BCUT2D eigenvalue weighted by atomic mass is 10.1. The number of aliphatic hydroxyl groups is 1. The van der Waals surface area contributed by atoms with Crippen molar-refractivity contribution in [1.82, 2.24) is 10.2 Å². The van der Waals surface area contributed by atoms with Crippen molar-refractivity contribution < 1.29 is 9.52 Å². The number of allylic oxidation sites excluding steroid dienone is 2. The molecular weight excluding hydrogens is 304 g/mol. The van der Waals surface area contributed by atoms with Gasteiger partial charge in [0.1, 0.15) is 11.3 Å². The maximum Gasteiger partial charge on any atom is 0.197 e. The van der Waals surface area contributed by atoms with Crippen LogP contribution in [0.25, 0.3) is 11.0 Å². The molecule has 0 bridgehead atoms. The van der Waals surface area contributed by atoms with Crippen molar-refractivity contribution in [3.63, 3.8) is 0 Å². The maximum absolute atomic E-state index is 12.5. The number of hydrogen-bond donors (Lipinski definition) is 2. The smallest absolute Gasteiger partial charge is 0.197 e. The Bertz CT molecular complexity index is 851. The highest BCUT2D eigenvalue weighted by Crippen LogP contribution is 2.14. The summed E-state index contributed by atoms with van der Waals surface area (Å²) in [4.78, 5) is 14.5. The Morgan fingerprint density at radius 2 is 2.21 bits per heavy atom. The van der Waals surface area contributed by atoms with Gasteiger partial charge >= 0.3 is 0 Å². The second-order valence-corrected chi connectivity index (χ2v) is 6.11. The van der Waals surface area contributed by atoms with E-state index in [-0.39, 0.29) is 11.5 Å². The van der Waals surface area contributed by atoms with Crippen LogP contribution in [0, 0.1) is 6.92 Å². The Kier molecular flexibility index (Phi) is 4.71.